The number of nitrogens with zero attached hydrogens (tertiary/aromatic N) is 2. The maximum Gasteiger partial charge on any atom is 0.250 e. The average molecular weight is 440 g/mol. The Bertz CT molecular complexity index is 965. The highest BCUT2D eigenvalue weighted by molar-refractivity contribution is 7.89. The average Bonchev–Trinajstić information content (AvgIpc) is 3.32. The summed E-state index contributed by atoms with van der Waals surface area (Å²) in [5.74, 6) is -2.25. The summed E-state index contributed by atoms with van der Waals surface area (Å²) in [5.41, 5.74) is 5.57. The molecule has 0 aliphatic carbocycles. The van der Waals surface area contributed by atoms with Crippen molar-refractivity contribution < 1.29 is 32.6 Å². The number of likely N-dealkylation sites (tertiary alicyclic amines) is 1. The Kier molecular flexibility index (Phi) is 6.29. The lowest BCUT2D eigenvalue weighted by Crippen LogP contribution is -2.54. The highest BCUT2D eigenvalue weighted by Crippen LogP contribution is 2.36. The number of nitrogens with two attached hydrogens (primary N) is 1. The number of benzene rings is 1. The van der Waals surface area contributed by atoms with Gasteiger partial charge in [0.25, 0.3) is 5.91 Å². The highest BCUT2D eigenvalue weighted by atomic mass is 32.2. The number of anilines is 1. The first-order valence-corrected chi connectivity index (χ1v) is 10.9. The SMILES string of the molecule is COc1c(N2CCCC2=O)cccc1S(=O)(=O)N[C@@H](C(N)=O)C(=O)N1CC[C@H](O)C1. The first-order valence-electron chi connectivity index (χ1n) is 9.41. The van der Waals surface area contributed by atoms with Gasteiger partial charge >= 0.3 is 0 Å². The number of sulfonamides is 1. The third-order valence-corrected chi connectivity index (χ3v) is 6.54. The van der Waals surface area contributed by atoms with Crippen molar-refractivity contribution in [2.24, 2.45) is 5.73 Å². The molecule has 3 rings (SSSR count). The molecule has 11 nitrogen and oxygen atoms in total. The normalized spacial score (nSPS) is 20.5. The molecule has 0 saturated carbocycles. The number of hydrogen-bond donors (Lipinski definition) is 3. The van der Waals surface area contributed by atoms with Gasteiger partial charge in [0.1, 0.15) is 4.90 Å². The van der Waals surface area contributed by atoms with Crippen molar-refractivity contribution >= 4 is 33.4 Å². The second kappa shape index (κ2) is 8.58. The van der Waals surface area contributed by atoms with Crippen LogP contribution in [0.25, 0.3) is 0 Å². The number of carbonyl (C=O) groups excluding carboxylic acids is 3. The smallest absolute Gasteiger partial charge is 0.250 e. The minimum absolute atomic E-state index is 0.0137. The Morgan fingerprint density at radius 3 is 2.60 bits per heavy atom. The standard InChI is InChI=1S/C18H24N4O7S/c1-29-16-12(22-8-3-6-14(22)24)4-2-5-13(16)30(27,28)20-15(17(19)25)18(26)21-9-7-11(23)10-21/h2,4-5,11,15,20,23H,3,6-10H2,1H3,(H2,19,25)/t11-,15-/m0/s1. The summed E-state index contributed by atoms with van der Waals surface area (Å²) in [6.45, 7) is 0.591. The van der Waals surface area contributed by atoms with Crippen LogP contribution in [-0.4, -0.2) is 75.0 Å². The number of rotatable bonds is 7. The molecule has 1 aromatic rings. The van der Waals surface area contributed by atoms with Crippen LogP contribution in [0.4, 0.5) is 5.69 Å². The van der Waals surface area contributed by atoms with E-state index in [1.165, 1.54) is 29.0 Å². The van der Waals surface area contributed by atoms with Crippen LogP contribution in [0.15, 0.2) is 23.1 Å². The monoisotopic (exact) mass is 440 g/mol. The lowest BCUT2D eigenvalue weighted by Gasteiger charge is -2.24. The lowest BCUT2D eigenvalue weighted by atomic mass is 10.2. The Morgan fingerprint density at radius 1 is 1.33 bits per heavy atom. The number of primary amides is 1. The van der Waals surface area contributed by atoms with Crippen LogP contribution in [-0.2, 0) is 24.4 Å². The van der Waals surface area contributed by atoms with Crippen LogP contribution in [0.2, 0.25) is 0 Å². The highest BCUT2D eigenvalue weighted by Gasteiger charge is 2.37. The van der Waals surface area contributed by atoms with Gasteiger partial charge in [-0.15, -0.1) is 0 Å². The number of ether oxygens (including phenoxy) is 1. The van der Waals surface area contributed by atoms with Crippen LogP contribution in [0, 0.1) is 0 Å². The fourth-order valence-electron chi connectivity index (χ4n) is 3.61. The molecule has 12 heteroatoms. The van der Waals surface area contributed by atoms with Gasteiger partial charge in [0.05, 0.1) is 18.9 Å². The van der Waals surface area contributed by atoms with E-state index in [9.17, 15) is 27.9 Å². The van der Waals surface area contributed by atoms with E-state index in [0.717, 1.165) is 0 Å². The number of aliphatic hydroxyl groups is 1. The van der Waals surface area contributed by atoms with Crippen molar-refractivity contribution in [2.45, 2.75) is 36.3 Å². The van der Waals surface area contributed by atoms with Gasteiger partial charge in [0, 0.05) is 26.1 Å². The van der Waals surface area contributed by atoms with Crippen LogP contribution in [0.5, 0.6) is 5.75 Å². The zero-order valence-electron chi connectivity index (χ0n) is 16.4. The molecule has 0 unspecified atom stereocenters. The molecular formula is C18H24N4O7S. The van der Waals surface area contributed by atoms with Gasteiger partial charge in [-0.05, 0) is 25.0 Å². The van der Waals surface area contributed by atoms with Crippen LogP contribution < -0.4 is 20.1 Å². The minimum Gasteiger partial charge on any atom is -0.493 e. The molecule has 3 amide bonds. The molecule has 1 aromatic carbocycles. The molecule has 0 aromatic heterocycles. The maximum atomic E-state index is 13.0. The van der Waals surface area contributed by atoms with E-state index in [4.69, 9.17) is 10.5 Å². The molecule has 0 bridgehead atoms. The quantitative estimate of drug-likeness (QED) is 0.437. The van der Waals surface area contributed by atoms with E-state index < -0.39 is 34.0 Å². The fraction of sp³-hybridized carbons (Fsp3) is 0.500. The number of aliphatic hydroxyl groups excluding tert-OH is 1. The summed E-state index contributed by atoms with van der Waals surface area (Å²) in [5, 5.41) is 9.61. The van der Waals surface area contributed by atoms with E-state index >= 15 is 0 Å². The third kappa shape index (κ3) is 4.25. The summed E-state index contributed by atoms with van der Waals surface area (Å²) >= 11 is 0. The van der Waals surface area contributed by atoms with E-state index in [0.29, 0.717) is 25.8 Å². The summed E-state index contributed by atoms with van der Waals surface area (Å²) in [6, 6.07) is 2.40. The third-order valence-electron chi connectivity index (χ3n) is 5.10. The largest absolute Gasteiger partial charge is 0.493 e. The van der Waals surface area contributed by atoms with Crippen molar-refractivity contribution in [1.29, 1.82) is 0 Å². The van der Waals surface area contributed by atoms with Gasteiger partial charge in [-0.25, -0.2) is 8.42 Å². The van der Waals surface area contributed by atoms with Crippen LogP contribution in [0.3, 0.4) is 0 Å². The zero-order chi connectivity index (χ0) is 22.1. The van der Waals surface area contributed by atoms with E-state index in [1.54, 1.807) is 6.07 Å². The number of β-amino-alcohol motifs (C(OH)–C–C–N with tert-alkyl or cyclic N) is 1. The van der Waals surface area contributed by atoms with Gasteiger partial charge in [0.15, 0.2) is 11.8 Å². The van der Waals surface area contributed by atoms with Crippen molar-refractivity contribution in [3.05, 3.63) is 18.2 Å². The fourth-order valence-corrected chi connectivity index (χ4v) is 4.95. The molecule has 2 aliphatic rings. The molecule has 2 saturated heterocycles. The second-order valence-corrected chi connectivity index (χ2v) is 8.82. The summed E-state index contributed by atoms with van der Waals surface area (Å²) in [6.07, 6.45) is 0.563. The Balaban J connectivity index is 1.93. The minimum atomic E-state index is -4.43. The molecule has 0 spiro atoms. The number of nitrogens with one attached hydrogen (secondary N) is 1. The van der Waals surface area contributed by atoms with Crippen LogP contribution in [0.1, 0.15) is 19.3 Å². The number of hydrogen-bond acceptors (Lipinski definition) is 7. The maximum absolute atomic E-state index is 13.0. The van der Waals surface area contributed by atoms with Gasteiger partial charge in [-0.2, -0.15) is 4.72 Å². The predicted octanol–water partition coefficient (Wildman–Crippen LogP) is -1.45. The van der Waals surface area contributed by atoms with Gasteiger partial charge in [-0.3, -0.25) is 14.4 Å². The molecule has 2 fully saturated rings. The Labute approximate surface area is 173 Å². The number of methoxy groups -OCH3 is 1. The molecule has 164 valence electrons. The lowest BCUT2D eigenvalue weighted by molar-refractivity contribution is -0.137. The van der Waals surface area contributed by atoms with Crippen molar-refractivity contribution in [3.8, 4) is 5.75 Å². The molecule has 2 aliphatic heterocycles. The van der Waals surface area contributed by atoms with Gasteiger partial charge in [0.2, 0.25) is 21.8 Å². The van der Waals surface area contributed by atoms with Crippen molar-refractivity contribution in [2.75, 3.05) is 31.6 Å². The Morgan fingerprint density at radius 2 is 2.07 bits per heavy atom. The molecule has 4 N–H and O–H groups in total. The summed E-state index contributed by atoms with van der Waals surface area (Å²) in [7, 11) is -3.16. The number of carbonyl (C=O) groups is 3. The Hall–Kier alpha value is -2.70. The second-order valence-electron chi connectivity index (χ2n) is 7.14. The predicted molar refractivity (Wildman–Crippen MR) is 105 cm³/mol. The summed E-state index contributed by atoms with van der Waals surface area (Å²) in [4.78, 5) is 38.9. The van der Waals surface area contributed by atoms with Gasteiger partial charge < -0.3 is 25.4 Å². The van der Waals surface area contributed by atoms with E-state index in [-0.39, 0.29) is 35.3 Å². The number of amides is 3. The van der Waals surface area contributed by atoms with E-state index in [1.807, 2.05) is 4.72 Å². The van der Waals surface area contributed by atoms with Crippen molar-refractivity contribution in [3.63, 3.8) is 0 Å². The first-order chi connectivity index (χ1) is 14.2. The van der Waals surface area contributed by atoms with E-state index in [2.05, 4.69) is 0 Å². The molecule has 0 radical (unpaired) electrons. The zero-order valence-corrected chi connectivity index (χ0v) is 17.2. The van der Waals surface area contributed by atoms with Crippen LogP contribution >= 0.6 is 0 Å². The number of para-hydroxylation sites is 1. The topological polar surface area (TPSA) is 159 Å². The molecule has 2 atom stereocenters. The van der Waals surface area contributed by atoms with Gasteiger partial charge in [-0.1, -0.05) is 6.07 Å². The molecule has 30 heavy (non-hydrogen) atoms. The molecule has 2 heterocycles. The first kappa shape index (κ1) is 22.0. The molecular weight excluding hydrogens is 416 g/mol. The van der Waals surface area contributed by atoms with Crippen molar-refractivity contribution in [1.82, 2.24) is 9.62 Å². The summed E-state index contributed by atoms with van der Waals surface area (Å²) < 4.78 is 33.4.